The van der Waals surface area contributed by atoms with E-state index in [0.717, 1.165) is 16.5 Å². The number of aromatic nitrogens is 3. The number of halogens is 1. The molecule has 0 radical (unpaired) electrons. The van der Waals surface area contributed by atoms with Crippen molar-refractivity contribution >= 4 is 34.7 Å². The molecule has 2 aromatic carbocycles. The second-order valence-corrected chi connectivity index (χ2v) is 7.07. The summed E-state index contributed by atoms with van der Waals surface area (Å²) in [5.74, 6) is -0.328. The SMILES string of the molecule is CN(C(=O)c1ccccc1C=O)C(c1ccc2cccnc2c1)c1nccnc1Cl. The van der Waals surface area contributed by atoms with Gasteiger partial charge in [-0.15, -0.1) is 0 Å². The van der Waals surface area contributed by atoms with Crippen molar-refractivity contribution in [2.45, 2.75) is 6.04 Å². The van der Waals surface area contributed by atoms with Crippen molar-refractivity contribution in [2.24, 2.45) is 0 Å². The number of pyridine rings is 1. The zero-order chi connectivity index (χ0) is 21.1. The van der Waals surface area contributed by atoms with Crippen molar-refractivity contribution in [2.75, 3.05) is 7.05 Å². The standard InChI is InChI=1S/C23H17ClN4O2/c1-28(23(30)18-7-3-2-5-17(18)14-29)21(20-22(24)27-12-11-26-20)16-9-8-15-6-4-10-25-19(15)13-16/h2-14,21H,1H3. The molecule has 0 saturated heterocycles. The molecule has 2 heterocycles. The second kappa shape index (κ2) is 8.39. The minimum atomic E-state index is -0.621. The first kappa shape index (κ1) is 19.7. The van der Waals surface area contributed by atoms with Crippen molar-refractivity contribution in [3.8, 4) is 0 Å². The fourth-order valence-corrected chi connectivity index (χ4v) is 3.64. The zero-order valence-electron chi connectivity index (χ0n) is 16.1. The smallest absolute Gasteiger partial charge is 0.255 e. The van der Waals surface area contributed by atoms with Gasteiger partial charge in [0.2, 0.25) is 0 Å². The highest BCUT2D eigenvalue weighted by Crippen LogP contribution is 2.32. The van der Waals surface area contributed by atoms with Crippen LogP contribution < -0.4 is 0 Å². The van der Waals surface area contributed by atoms with Gasteiger partial charge in [0.15, 0.2) is 11.4 Å². The highest BCUT2D eigenvalue weighted by atomic mass is 35.5. The Morgan fingerprint density at radius 1 is 1.00 bits per heavy atom. The maximum Gasteiger partial charge on any atom is 0.255 e. The molecule has 30 heavy (non-hydrogen) atoms. The molecular formula is C23H17ClN4O2. The fourth-order valence-electron chi connectivity index (χ4n) is 3.44. The molecule has 1 atom stereocenters. The summed E-state index contributed by atoms with van der Waals surface area (Å²) in [4.78, 5) is 39.2. The zero-order valence-corrected chi connectivity index (χ0v) is 16.8. The highest BCUT2D eigenvalue weighted by Gasteiger charge is 2.29. The summed E-state index contributed by atoms with van der Waals surface area (Å²) in [6.07, 6.45) is 5.41. The molecule has 0 aliphatic rings. The first-order valence-corrected chi connectivity index (χ1v) is 9.60. The van der Waals surface area contributed by atoms with Gasteiger partial charge in [0.05, 0.1) is 11.1 Å². The number of nitrogens with zero attached hydrogens (tertiary/aromatic N) is 4. The van der Waals surface area contributed by atoms with Gasteiger partial charge >= 0.3 is 0 Å². The van der Waals surface area contributed by atoms with E-state index in [1.54, 1.807) is 37.5 Å². The van der Waals surface area contributed by atoms with Gasteiger partial charge in [0, 0.05) is 36.6 Å². The molecule has 1 amide bonds. The maximum atomic E-state index is 13.3. The van der Waals surface area contributed by atoms with Crippen LogP contribution in [0.5, 0.6) is 0 Å². The van der Waals surface area contributed by atoms with E-state index in [2.05, 4.69) is 15.0 Å². The molecule has 2 aromatic heterocycles. The average molecular weight is 417 g/mol. The van der Waals surface area contributed by atoms with Crippen LogP contribution in [0.1, 0.15) is 38.0 Å². The van der Waals surface area contributed by atoms with Crippen LogP contribution in [0.4, 0.5) is 0 Å². The first-order valence-electron chi connectivity index (χ1n) is 9.22. The molecule has 4 rings (SSSR count). The molecule has 0 spiro atoms. The predicted octanol–water partition coefficient (Wildman–Crippen LogP) is 4.35. The monoisotopic (exact) mass is 416 g/mol. The summed E-state index contributed by atoms with van der Waals surface area (Å²) < 4.78 is 0. The van der Waals surface area contributed by atoms with Gasteiger partial charge in [0.25, 0.3) is 5.91 Å². The Balaban J connectivity index is 1.85. The van der Waals surface area contributed by atoms with E-state index < -0.39 is 6.04 Å². The summed E-state index contributed by atoms with van der Waals surface area (Å²) >= 11 is 6.36. The molecule has 0 aliphatic carbocycles. The van der Waals surface area contributed by atoms with Crippen molar-refractivity contribution in [1.29, 1.82) is 0 Å². The van der Waals surface area contributed by atoms with Crippen molar-refractivity contribution in [3.63, 3.8) is 0 Å². The fraction of sp³-hybridized carbons (Fsp3) is 0.0870. The summed E-state index contributed by atoms with van der Waals surface area (Å²) in [5, 5.41) is 1.18. The van der Waals surface area contributed by atoms with Crippen molar-refractivity contribution in [1.82, 2.24) is 19.9 Å². The Bertz CT molecular complexity index is 1240. The van der Waals surface area contributed by atoms with Gasteiger partial charge in [-0.05, 0) is 23.8 Å². The van der Waals surface area contributed by atoms with Crippen LogP contribution in [0, 0.1) is 0 Å². The van der Waals surface area contributed by atoms with Crippen molar-refractivity contribution < 1.29 is 9.59 Å². The Hall–Kier alpha value is -3.64. The number of amides is 1. The van der Waals surface area contributed by atoms with Gasteiger partial charge in [-0.2, -0.15) is 0 Å². The van der Waals surface area contributed by atoms with Crippen LogP contribution in [-0.2, 0) is 0 Å². The highest BCUT2D eigenvalue weighted by molar-refractivity contribution is 6.30. The summed E-state index contributed by atoms with van der Waals surface area (Å²) in [6, 6.07) is 15.6. The topological polar surface area (TPSA) is 76.1 Å². The number of aldehydes is 1. The molecule has 0 aliphatic heterocycles. The Morgan fingerprint density at radius 3 is 2.60 bits per heavy atom. The summed E-state index contributed by atoms with van der Waals surface area (Å²) in [7, 11) is 1.65. The average Bonchev–Trinajstić information content (AvgIpc) is 2.79. The number of fused-ring (bicyclic) bond motifs is 1. The molecule has 0 bridgehead atoms. The third-order valence-electron chi connectivity index (χ3n) is 4.91. The normalized spacial score (nSPS) is 11.8. The molecule has 0 N–H and O–H groups in total. The van der Waals surface area contributed by atoms with Crippen LogP contribution in [0.15, 0.2) is 73.2 Å². The third kappa shape index (κ3) is 3.65. The van der Waals surface area contributed by atoms with E-state index in [1.807, 2.05) is 30.3 Å². The van der Waals surface area contributed by atoms with Crippen LogP contribution in [-0.4, -0.2) is 39.1 Å². The Kier molecular flexibility index (Phi) is 5.50. The second-order valence-electron chi connectivity index (χ2n) is 6.71. The molecule has 148 valence electrons. The van der Waals surface area contributed by atoms with E-state index >= 15 is 0 Å². The van der Waals surface area contributed by atoms with E-state index in [9.17, 15) is 9.59 Å². The lowest BCUT2D eigenvalue weighted by Crippen LogP contribution is -2.33. The van der Waals surface area contributed by atoms with Gasteiger partial charge in [-0.1, -0.05) is 48.0 Å². The van der Waals surface area contributed by atoms with E-state index in [4.69, 9.17) is 11.6 Å². The molecule has 0 fully saturated rings. The van der Waals surface area contributed by atoms with E-state index in [0.29, 0.717) is 23.1 Å². The van der Waals surface area contributed by atoms with Gasteiger partial charge in [0.1, 0.15) is 11.7 Å². The van der Waals surface area contributed by atoms with Crippen LogP contribution in [0.2, 0.25) is 5.15 Å². The van der Waals surface area contributed by atoms with E-state index in [-0.39, 0.29) is 11.1 Å². The molecular weight excluding hydrogens is 400 g/mol. The molecule has 4 aromatic rings. The third-order valence-corrected chi connectivity index (χ3v) is 5.20. The number of rotatable bonds is 5. The first-order chi connectivity index (χ1) is 14.6. The Morgan fingerprint density at radius 2 is 1.80 bits per heavy atom. The quantitative estimate of drug-likeness (QED) is 0.452. The number of benzene rings is 2. The molecule has 7 heteroatoms. The minimum absolute atomic E-state index is 0.201. The lowest BCUT2D eigenvalue weighted by molar-refractivity contribution is 0.0749. The number of carbonyl (C=O) groups is 2. The lowest BCUT2D eigenvalue weighted by Gasteiger charge is -2.29. The largest absolute Gasteiger partial charge is 0.329 e. The minimum Gasteiger partial charge on any atom is -0.329 e. The number of hydrogen-bond donors (Lipinski definition) is 0. The van der Waals surface area contributed by atoms with Crippen molar-refractivity contribution in [3.05, 3.63) is 101 Å². The van der Waals surface area contributed by atoms with Crippen LogP contribution >= 0.6 is 11.6 Å². The molecule has 1 unspecified atom stereocenters. The van der Waals surface area contributed by atoms with Gasteiger partial charge < -0.3 is 4.90 Å². The maximum absolute atomic E-state index is 13.3. The van der Waals surface area contributed by atoms with Crippen LogP contribution in [0.25, 0.3) is 10.9 Å². The predicted molar refractivity (Wildman–Crippen MR) is 115 cm³/mol. The number of carbonyl (C=O) groups excluding carboxylic acids is 2. The van der Waals surface area contributed by atoms with Crippen LogP contribution in [0.3, 0.4) is 0 Å². The summed E-state index contributed by atoms with van der Waals surface area (Å²) in [5.41, 5.74) is 2.63. The molecule has 0 saturated carbocycles. The lowest BCUT2D eigenvalue weighted by atomic mass is 9.99. The van der Waals surface area contributed by atoms with Gasteiger partial charge in [-0.3, -0.25) is 19.6 Å². The number of hydrogen-bond acceptors (Lipinski definition) is 5. The van der Waals surface area contributed by atoms with E-state index in [1.165, 1.54) is 17.3 Å². The van der Waals surface area contributed by atoms with Gasteiger partial charge in [-0.25, -0.2) is 4.98 Å². The Labute approximate surface area is 178 Å². The molecule has 6 nitrogen and oxygen atoms in total. The summed E-state index contributed by atoms with van der Waals surface area (Å²) in [6.45, 7) is 0.